The Morgan fingerprint density at radius 3 is 2.53 bits per heavy atom. The van der Waals surface area contributed by atoms with E-state index in [2.05, 4.69) is 10.6 Å². The molecule has 1 amide bonds. The fraction of sp³-hybridized carbons (Fsp3) is 0.917. The van der Waals surface area contributed by atoms with E-state index in [9.17, 15) is 4.79 Å². The van der Waals surface area contributed by atoms with Gasteiger partial charge in [-0.3, -0.25) is 4.79 Å². The smallest absolute Gasteiger partial charge is 0.234 e. The molecule has 0 aromatic heterocycles. The zero-order chi connectivity index (χ0) is 13.3. The van der Waals surface area contributed by atoms with Gasteiger partial charge in [0.1, 0.15) is 0 Å². The maximum atomic E-state index is 11.5. The highest BCUT2D eigenvalue weighted by Crippen LogP contribution is 2.14. The minimum Gasteiger partial charge on any atom is -0.383 e. The first-order valence-corrected chi connectivity index (χ1v) is 5.95. The Labute approximate surface area is 104 Å². The van der Waals surface area contributed by atoms with Gasteiger partial charge in [-0.2, -0.15) is 0 Å². The van der Waals surface area contributed by atoms with E-state index < -0.39 is 0 Å². The van der Waals surface area contributed by atoms with E-state index >= 15 is 0 Å². The van der Waals surface area contributed by atoms with Crippen LogP contribution in [-0.4, -0.2) is 51.5 Å². The molecule has 0 aliphatic heterocycles. The van der Waals surface area contributed by atoms with Gasteiger partial charge in [0.25, 0.3) is 0 Å². The van der Waals surface area contributed by atoms with Crippen molar-refractivity contribution >= 4 is 5.91 Å². The Hall–Kier alpha value is -0.650. The zero-order valence-electron chi connectivity index (χ0n) is 11.6. The molecule has 0 bridgehead atoms. The third kappa shape index (κ3) is 9.09. The molecule has 2 N–H and O–H groups in total. The van der Waals surface area contributed by atoms with Gasteiger partial charge in [0.05, 0.1) is 18.8 Å². The summed E-state index contributed by atoms with van der Waals surface area (Å²) in [4.78, 5) is 11.5. The van der Waals surface area contributed by atoms with Crippen molar-refractivity contribution in [1.29, 1.82) is 0 Å². The number of hydrogen-bond donors (Lipinski definition) is 2. The van der Waals surface area contributed by atoms with E-state index in [-0.39, 0.29) is 17.6 Å². The fourth-order valence-corrected chi connectivity index (χ4v) is 1.57. The maximum Gasteiger partial charge on any atom is 0.234 e. The standard InChI is InChI=1S/C12H26N2O3/c1-10(8-12(2,3)17-5)14-11(15)9-13-6-7-16-4/h10,13H,6-9H2,1-5H3,(H,14,15). The second kappa shape index (κ2) is 8.44. The van der Waals surface area contributed by atoms with Crippen LogP contribution in [0.15, 0.2) is 0 Å². The highest BCUT2D eigenvalue weighted by atomic mass is 16.5. The van der Waals surface area contributed by atoms with Crippen LogP contribution in [0.25, 0.3) is 0 Å². The van der Waals surface area contributed by atoms with Gasteiger partial charge >= 0.3 is 0 Å². The number of hydrogen-bond acceptors (Lipinski definition) is 4. The van der Waals surface area contributed by atoms with Crippen LogP contribution >= 0.6 is 0 Å². The van der Waals surface area contributed by atoms with E-state index in [4.69, 9.17) is 9.47 Å². The van der Waals surface area contributed by atoms with Crippen LogP contribution in [0.5, 0.6) is 0 Å². The molecule has 0 aliphatic rings. The molecule has 0 rings (SSSR count). The van der Waals surface area contributed by atoms with Gasteiger partial charge in [-0.1, -0.05) is 0 Å². The van der Waals surface area contributed by atoms with Gasteiger partial charge in [0, 0.05) is 26.8 Å². The summed E-state index contributed by atoms with van der Waals surface area (Å²) >= 11 is 0. The summed E-state index contributed by atoms with van der Waals surface area (Å²) in [5.41, 5.74) is -0.212. The third-order valence-electron chi connectivity index (χ3n) is 2.53. The van der Waals surface area contributed by atoms with Crippen molar-refractivity contribution in [2.24, 2.45) is 0 Å². The monoisotopic (exact) mass is 246 g/mol. The minimum absolute atomic E-state index is 0.000469. The van der Waals surface area contributed by atoms with Gasteiger partial charge < -0.3 is 20.1 Å². The number of amides is 1. The number of ether oxygens (including phenoxy) is 2. The second-order valence-corrected chi connectivity index (χ2v) is 4.81. The van der Waals surface area contributed by atoms with Crippen molar-refractivity contribution in [3.63, 3.8) is 0 Å². The Balaban J connectivity index is 3.73. The summed E-state index contributed by atoms with van der Waals surface area (Å²) in [5.74, 6) is 0.000469. The lowest BCUT2D eigenvalue weighted by Gasteiger charge is -2.27. The molecule has 0 aliphatic carbocycles. The van der Waals surface area contributed by atoms with Gasteiger partial charge in [0.15, 0.2) is 0 Å². The van der Waals surface area contributed by atoms with Crippen molar-refractivity contribution in [3.8, 4) is 0 Å². The number of rotatable bonds is 9. The van der Waals surface area contributed by atoms with Crippen molar-refractivity contribution in [2.75, 3.05) is 33.9 Å². The van der Waals surface area contributed by atoms with E-state index in [0.29, 0.717) is 19.7 Å². The molecule has 0 spiro atoms. The predicted molar refractivity (Wildman–Crippen MR) is 68.1 cm³/mol. The highest BCUT2D eigenvalue weighted by Gasteiger charge is 2.20. The fourth-order valence-electron chi connectivity index (χ4n) is 1.57. The van der Waals surface area contributed by atoms with E-state index in [1.54, 1.807) is 14.2 Å². The Bertz CT molecular complexity index is 220. The quantitative estimate of drug-likeness (QED) is 0.583. The molecule has 17 heavy (non-hydrogen) atoms. The lowest BCUT2D eigenvalue weighted by atomic mass is 10.00. The number of carbonyl (C=O) groups is 1. The molecule has 1 unspecified atom stereocenters. The Kier molecular flexibility index (Phi) is 8.12. The molecule has 5 heteroatoms. The van der Waals surface area contributed by atoms with Crippen molar-refractivity contribution in [3.05, 3.63) is 0 Å². The predicted octanol–water partition coefficient (Wildman–Crippen LogP) is 0.542. The summed E-state index contributed by atoms with van der Waals surface area (Å²) in [6.07, 6.45) is 0.785. The lowest BCUT2D eigenvalue weighted by Crippen LogP contribution is -2.43. The van der Waals surface area contributed by atoms with Crippen molar-refractivity contribution in [2.45, 2.75) is 38.8 Å². The molecule has 0 saturated heterocycles. The van der Waals surface area contributed by atoms with Gasteiger partial charge in [0.2, 0.25) is 5.91 Å². The van der Waals surface area contributed by atoms with Gasteiger partial charge in [-0.25, -0.2) is 0 Å². The van der Waals surface area contributed by atoms with Crippen molar-refractivity contribution in [1.82, 2.24) is 10.6 Å². The van der Waals surface area contributed by atoms with Gasteiger partial charge in [-0.15, -0.1) is 0 Å². The molecule has 0 aromatic carbocycles. The SMILES string of the molecule is COCCNCC(=O)NC(C)CC(C)(C)OC. The molecule has 5 nitrogen and oxygen atoms in total. The van der Waals surface area contributed by atoms with E-state index in [0.717, 1.165) is 6.42 Å². The zero-order valence-corrected chi connectivity index (χ0v) is 11.6. The third-order valence-corrected chi connectivity index (χ3v) is 2.53. The first-order chi connectivity index (χ1) is 7.91. The Morgan fingerprint density at radius 1 is 1.35 bits per heavy atom. The molecule has 0 aromatic rings. The van der Waals surface area contributed by atoms with E-state index in [1.807, 2.05) is 20.8 Å². The van der Waals surface area contributed by atoms with Crippen LogP contribution in [0.3, 0.4) is 0 Å². The van der Waals surface area contributed by atoms with E-state index in [1.165, 1.54) is 0 Å². The summed E-state index contributed by atoms with van der Waals surface area (Å²) in [7, 11) is 3.32. The van der Waals surface area contributed by atoms with Gasteiger partial charge in [-0.05, 0) is 27.2 Å². The van der Waals surface area contributed by atoms with Crippen LogP contribution in [0, 0.1) is 0 Å². The summed E-state index contributed by atoms with van der Waals surface area (Å²) in [5, 5.41) is 5.92. The van der Waals surface area contributed by atoms with Crippen molar-refractivity contribution < 1.29 is 14.3 Å². The maximum absolute atomic E-state index is 11.5. The molecule has 0 heterocycles. The average molecular weight is 246 g/mol. The topological polar surface area (TPSA) is 59.6 Å². The number of methoxy groups -OCH3 is 2. The minimum atomic E-state index is -0.212. The van der Waals surface area contributed by atoms with Crippen LogP contribution < -0.4 is 10.6 Å². The molecule has 1 atom stereocenters. The average Bonchev–Trinajstić information content (AvgIpc) is 2.23. The van der Waals surface area contributed by atoms with Crippen LogP contribution in [-0.2, 0) is 14.3 Å². The molecular weight excluding hydrogens is 220 g/mol. The van der Waals surface area contributed by atoms with Crippen LogP contribution in [0.1, 0.15) is 27.2 Å². The number of nitrogens with one attached hydrogen (secondary N) is 2. The molecule has 0 radical (unpaired) electrons. The van der Waals surface area contributed by atoms with Crippen LogP contribution in [0.4, 0.5) is 0 Å². The normalized spacial score (nSPS) is 13.5. The molecule has 0 fully saturated rings. The highest BCUT2D eigenvalue weighted by molar-refractivity contribution is 5.78. The molecular formula is C12H26N2O3. The van der Waals surface area contributed by atoms with Crippen LogP contribution in [0.2, 0.25) is 0 Å². The largest absolute Gasteiger partial charge is 0.383 e. The molecule has 0 saturated carbocycles. The first kappa shape index (κ1) is 16.4. The summed E-state index contributed by atoms with van der Waals surface area (Å²) in [6.45, 7) is 7.61. The second-order valence-electron chi connectivity index (χ2n) is 4.81. The summed E-state index contributed by atoms with van der Waals surface area (Å²) < 4.78 is 10.2. The Morgan fingerprint density at radius 2 is 2.00 bits per heavy atom. The molecule has 102 valence electrons. The first-order valence-electron chi connectivity index (χ1n) is 5.95. The number of carbonyl (C=O) groups excluding carboxylic acids is 1. The lowest BCUT2D eigenvalue weighted by molar-refractivity contribution is -0.121. The summed E-state index contributed by atoms with van der Waals surface area (Å²) in [6, 6.07) is 0.0988.